The van der Waals surface area contributed by atoms with Crippen molar-refractivity contribution in [1.82, 2.24) is 0 Å². The van der Waals surface area contributed by atoms with Gasteiger partial charge in [-0.05, 0) is 39.9 Å². The summed E-state index contributed by atoms with van der Waals surface area (Å²) in [6, 6.07) is 4.74. The van der Waals surface area contributed by atoms with Gasteiger partial charge in [-0.3, -0.25) is 10.1 Å². The summed E-state index contributed by atoms with van der Waals surface area (Å²) < 4.78 is 0.853. The molecule has 0 radical (unpaired) electrons. The van der Waals surface area contributed by atoms with E-state index in [1.165, 1.54) is 6.07 Å². The Kier molecular flexibility index (Phi) is 6.36. The zero-order valence-corrected chi connectivity index (χ0v) is 12.0. The van der Waals surface area contributed by atoms with Crippen LogP contribution in [-0.4, -0.2) is 23.0 Å². The highest BCUT2D eigenvalue weighted by molar-refractivity contribution is 9.10. The van der Waals surface area contributed by atoms with Crippen LogP contribution in [0.1, 0.15) is 13.3 Å². The van der Waals surface area contributed by atoms with E-state index in [1.54, 1.807) is 12.1 Å². The van der Waals surface area contributed by atoms with Gasteiger partial charge in [0.2, 0.25) is 0 Å². The number of thioether (sulfide) groups is 1. The molecule has 0 bridgehead atoms. The largest absolute Gasteiger partial charge is 0.384 e. The molecular formula is C11H15BrN2O2S. The molecule has 0 aromatic heterocycles. The van der Waals surface area contributed by atoms with Gasteiger partial charge < -0.3 is 5.32 Å². The lowest BCUT2D eigenvalue weighted by atomic mass is 10.3. The first kappa shape index (κ1) is 14.3. The summed E-state index contributed by atoms with van der Waals surface area (Å²) in [5.41, 5.74) is 0.888. The van der Waals surface area contributed by atoms with Gasteiger partial charge in [-0.15, -0.1) is 0 Å². The van der Waals surface area contributed by atoms with E-state index >= 15 is 0 Å². The number of nitrogens with one attached hydrogen (secondary N) is 1. The number of anilines is 1. The van der Waals surface area contributed by atoms with Gasteiger partial charge >= 0.3 is 0 Å². The van der Waals surface area contributed by atoms with Crippen LogP contribution in [0, 0.1) is 10.1 Å². The molecule has 0 saturated heterocycles. The van der Waals surface area contributed by atoms with Gasteiger partial charge in [0.1, 0.15) is 0 Å². The van der Waals surface area contributed by atoms with Crippen molar-refractivity contribution in [2.24, 2.45) is 0 Å². The topological polar surface area (TPSA) is 55.2 Å². The molecule has 1 rings (SSSR count). The molecule has 0 spiro atoms. The first-order valence-electron chi connectivity index (χ1n) is 5.40. The molecule has 0 heterocycles. The summed E-state index contributed by atoms with van der Waals surface area (Å²) in [6.45, 7) is 2.96. The van der Waals surface area contributed by atoms with Crippen LogP contribution in [-0.2, 0) is 0 Å². The Morgan fingerprint density at radius 1 is 1.53 bits per heavy atom. The van der Waals surface area contributed by atoms with E-state index in [2.05, 4.69) is 28.2 Å². The molecule has 1 N–H and O–H groups in total. The second-order valence-corrected chi connectivity index (χ2v) is 5.65. The lowest BCUT2D eigenvalue weighted by molar-refractivity contribution is -0.384. The quantitative estimate of drug-likeness (QED) is 0.470. The molecule has 6 heteroatoms. The van der Waals surface area contributed by atoms with Crippen molar-refractivity contribution in [1.29, 1.82) is 0 Å². The monoisotopic (exact) mass is 318 g/mol. The maximum atomic E-state index is 10.6. The van der Waals surface area contributed by atoms with Crippen LogP contribution in [0.4, 0.5) is 11.4 Å². The summed E-state index contributed by atoms with van der Waals surface area (Å²) >= 11 is 5.27. The minimum Gasteiger partial charge on any atom is -0.384 e. The fourth-order valence-electron chi connectivity index (χ4n) is 1.30. The highest BCUT2D eigenvalue weighted by atomic mass is 79.9. The van der Waals surface area contributed by atoms with E-state index in [-0.39, 0.29) is 10.6 Å². The van der Waals surface area contributed by atoms with Crippen molar-refractivity contribution in [2.45, 2.75) is 13.3 Å². The average Bonchev–Trinajstić information content (AvgIpc) is 2.30. The first-order chi connectivity index (χ1) is 8.15. The fourth-order valence-corrected chi connectivity index (χ4v) is 2.33. The minimum absolute atomic E-state index is 0.110. The Hall–Kier alpha value is -0.750. The third-order valence-electron chi connectivity index (χ3n) is 2.15. The molecule has 94 valence electrons. The minimum atomic E-state index is -0.384. The van der Waals surface area contributed by atoms with Crippen LogP contribution in [0.3, 0.4) is 0 Å². The zero-order chi connectivity index (χ0) is 12.7. The van der Waals surface area contributed by atoms with E-state index in [0.29, 0.717) is 0 Å². The van der Waals surface area contributed by atoms with Gasteiger partial charge in [-0.1, -0.05) is 6.92 Å². The number of rotatable bonds is 7. The van der Waals surface area contributed by atoms with E-state index in [1.807, 2.05) is 11.8 Å². The van der Waals surface area contributed by atoms with Crippen molar-refractivity contribution in [3.8, 4) is 0 Å². The smallest absolute Gasteiger partial charge is 0.271 e. The second kappa shape index (κ2) is 7.55. The van der Waals surface area contributed by atoms with Gasteiger partial charge in [-0.25, -0.2) is 0 Å². The van der Waals surface area contributed by atoms with Crippen LogP contribution >= 0.6 is 27.7 Å². The lowest BCUT2D eigenvalue weighted by Gasteiger charge is -2.07. The van der Waals surface area contributed by atoms with Gasteiger partial charge in [0.05, 0.1) is 10.6 Å². The Labute approximate surface area is 113 Å². The van der Waals surface area contributed by atoms with Crippen molar-refractivity contribution in [3.63, 3.8) is 0 Å². The number of nitro benzene ring substituents is 1. The number of nitrogens with zero attached hydrogens (tertiary/aromatic N) is 1. The third kappa shape index (κ3) is 4.95. The summed E-state index contributed by atoms with van der Waals surface area (Å²) in [6.07, 6.45) is 1.05. The van der Waals surface area contributed by atoms with Crippen LogP contribution < -0.4 is 5.32 Å². The second-order valence-electron chi connectivity index (χ2n) is 3.40. The molecule has 0 aliphatic carbocycles. The number of hydrogen-bond donors (Lipinski definition) is 1. The molecule has 0 amide bonds. The summed E-state index contributed by atoms with van der Waals surface area (Å²) in [5, 5.41) is 13.8. The van der Waals surface area contributed by atoms with E-state index in [4.69, 9.17) is 0 Å². The van der Waals surface area contributed by atoms with E-state index in [9.17, 15) is 10.1 Å². The maximum Gasteiger partial charge on any atom is 0.271 e. The van der Waals surface area contributed by atoms with Crippen molar-refractivity contribution in [3.05, 3.63) is 32.8 Å². The Morgan fingerprint density at radius 2 is 2.29 bits per heavy atom. The SMILES string of the molecule is CCSCCCNc1cc([N+](=O)[O-])ccc1Br. The third-order valence-corrected chi connectivity index (χ3v) is 3.82. The van der Waals surface area contributed by atoms with E-state index < -0.39 is 0 Å². The Balaban J connectivity index is 2.51. The molecule has 0 aliphatic heterocycles. The van der Waals surface area contributed by atoms with Gasteiger partial charge in [0.25, 0.3) is 5.69 Å². The summed E-state index contributed by atoms with van der Waals surface area (Å²) in [7, 11) is 0. The van der Waals surface area contributed by atoms with Crippen LogP contribution in [0.2, 0.25) is 0 Å². The number of benzene rings is 1. The number of halogens is 1. The number of hydrogen-bond acceptors (Lipinski definition) is 4. The van der Waals surface area contributed by atoms with Crippen LogP contribution in [0.15, 0.2) is 22.7 Å². The molecule has 17 heavy (non-hydrogen) atoms. The molecule has 0 aliphatic rings. The summed E-state index contributed by atoms with van der Waals surface area (Å²) in [4.78, 5) is 10.3. The first-order valence-corrected chi connectivity index (χ1v) is 7.35. The lowest BCUT2D eigenvalue weighted by Crippen LogP contribution is -2.03. The van der Waals surface area contributed by atoms with Gasteiger partial charge in [0.15, 0.2) is 0 Å². The Morgan fingerprint density at radius 3 is 2.94 bits per heavy atom. The predicted molar refractivity (Wildman–Crippen MR) is 76.9 cm³/mol. The molecule has 4 nitrogen and oxygen atoms in total. The van der Waals surface area contributed by atoms with Crippen molar-refractivity contribution in [2.75, 3.05) is 23.4 Å². The normalized spacial score (nSPS) is 10.2. The average molecular weight is 319 g/mol. The molecule has 0 atom stereocenters. The van der Waals surface area contributed by atoms with Crippen molar-refractivity contribution < 1.29 is 4.92 Å². The van der Waals surface area contributed by atoms with Crippen LogP contribution in [0.5, 0.6) is 0 Å². The molecule has 1 aromatic rings. The number of nitro groups is 1. The maximum absolute atomic E-state index is 10.6. The van der Waals surface area contributed by atoms with Crippen molar-refractivity contribution >= 4 is 39.1 Å². The molecule has 0 fully saturated rings. The molecule has 0 unspecified atom stereocenters. The fraction of sp³-hybridized carbons (Fsp3) is 0.455. The molecule has 0 saturated carbocycles. The highest BCUT2D eigenvalue weighted by Gasteiger charge is 2.08. The zero-order valence-electron chi connectivity index (χ0n) is 9.61. The van der Waals surface area contributed by atoms with Crippen LogP contribution in [0.25, 0.3) is 0 Å². The van der Waals surface area contributed by atoms with E-state index in [0.717, 1.165) is 34.6 Å². The Bertz CT molecular complexity index is 388. The molecule has 1 aromatic carbocycles. The molecular weight excluding hydrogens is 304 g/mol. The standard InChI is InChI=1S/C11H15BrN2O2S/c1-2-17-7-3-6-13-11-8-9(14(15)16)4-5-10(11)12/h4-5,8,13H,2-3,6-7H2,1H3. The predicted octanol–water partition coefficient (Wildman–Crippen LogP) is 3.91. The number of non-ortho nitro benzene ring substituents is 1. The van der Waals surface area contributed by atoms with Gasteiger partial charge in [0, 0.05) is 23.2 Å². The highest BCUT2D eigenvalue weighted by Crippen LogP contribution is 2.27. The van der Waals surface area contributed by atoms with Gasteiger partial charge in [-0.2, -0.15) is 11.8 Å². The summed E-state index contributed by atoms with van der Waals surface area (Å²) in [5.74, 6) is 2.23.